The van der Waals surface area contributed by atoms with Gasteiger partial charge in [-0.1, -0.05) is 45.6 Å². The topological polar surface area (TPSA) is 24.9 Å². The molecule has 1 N–H and O–H groups in total. The summed E-state index contributed by atoms with van der Waals surface area (Å²) in [5, 5.41) is 3.81. The van der Waals surface area contributed by atoms with Gasteiger partial charge in [-0.05, 0) is 43.4 Å². The van der Waals surface area contributed by atoms with E-state index in [1.165, 1.54) is 44.2 Å². The fraction of sp³-hybridized carbons (Fsp3) is 0.722. The lowest BCUT2D eigenvalue weighted by molar-refractivity contribution is 0.173. The van der Waals surface area contributed by atoms with E-state index in [9.17, 15) is 0 Å². The van der Waals surface area contributed by atoms with E-state index < -0.39 is 0 Å². The third kappa shape index (κ3) is 4.31. The Labute approximate surface area is 124 Å². The van der Waals surface area contributed by atoms with Gasteiger partial charge < -0.3 is 5.32 Å². The molecule has 0 aliphatic heterocycles. The van der Waals surface area contributed by atoms with E-state index in [0.29, 0.717) is 6.04 Å². The lowest BCUT2D eigenvalue weighted by Gasteiger charge is -2.37. The van der Waals surface area contributed by atoms with Gasteiger partial charge in [0.15, 0.2) is 0 Å². The summed E-state index contributed by atoms with van der Waals surface area (Å²) in [6, 6.07) is 6.89. The van der Waals surface area contributed by atoms with Crippen molar-refractivity contribution in [1.29, 1.82) is 0 Å². The van der Waals surface area contributed by atoms with Crippen molar-refractivity contribution in [3.8, 4) is 0 Å². The monoisotopic (exact) mass is 274 g/mol. The molecular formula is C18H30N2. The van der Waals surface area contributed by atoms with Gasteiger partial charge in [0.1, 0.15) is 0 Å². The predicted octanol–water partition coefficient (Wildman–Crippen LogP) is 4.21. The first-order valence-corrected chi connectivity index (χ1v) is 8.48. The third-order valence-corrected chi connectivity index (χ3v) is 4.82. The first-order chi connectivity index (χ1) is 9.85. The second-order valence-corrected chi connectivity index (χ2v) is 6.20. The molecule has 0 spiro atoms. The number of nitrogens with one attached hydrogen (secondary N) is 1. The molecule has 3 unspecified atom stereocenters. The molecular weight excluding hydrogens is 244 g/mol. The van der Waals surface area contributed by atoms with Gasteiger partial charge in [-0.25, -0.2) is 0 Å². The molecule has 1 saturated carbocycles. The Balaban J connectivity index is 2.05. The number of pyridine rings is 1. The quantitative estimate of drug-likeness (QED) is 0.805. The SMILES string of the molecule is CCCNC(Cc1ccccn1)C1CCCCC1CC. The Bertz CT molecular complexity index is 363. The number of nitrogens with zero attached hydrogens (tertiary/aromatic N) is 1. The fourth-order valence-corrected chi connectivity index (χ4v) is 3.72. The average Bonchev–Trinajstić information content (AvgIpc) is 2.52. The van der Waals surface area contributed by atoms with Gasteiger partial charge in [-0.3, -0.25) is 4.98 Å². The molecule has 1 aliphatic carbocycles. The van der Waals surface area contributed by atoms with Crippen LogP contribution in [0.15, 0.2) is 24.4 Å². The molecule has 0 aromatic carbocycles. The highest BCUT2D eigenvalue weighted by molar-refractivity contribution is 5.06. The maximum atomic E-state index is 4.53. The van der Waals surface area contributed by atoms with Crippen LogP contribution in [0.3, 0.4) is 0 Å². The van der Waals surface area contributed by atoms with E-state index in [-0.39, 0.29) is 0 Å². The van der Waals surface area contributed by atoms with Gasteiger partial charge in [-0.15, -0.1) is 0 Å². The highest BCUT2D eigenvalue weighted by Gasteiger charge is 2.30. The molecule has 2 heteroatoms. The first kappa shape index (κ1) is 15.5. The van der Waals surface area contributed by atoms with Crippen molar-refractivity contribution in [3.05, 3.63) is 30.1 Å². The van der Waals surface area contributed by atoms with Crippen molar-refractivity contribution in [2.45, 2.75) is 64.8 Å². The summed E-state index contributed by atoms with van der Waals surface area (Å²) in [4.78, 5) is 4.53. The van der Waals surface area contributed by atoms with Crippen molar-refractivity contribution >= 4 is 0 Å². The zero-order valence-corrected chi connectivity index (χ0v) is 13.1. The van der Waals surface area contributed by atoms with E-state index in [4.69, 9.17) is 0 Å². The highest BCUT2D eigenvalue weighted by Crippen LogP contribution is 2.35. The summed E-state index contributed by atoms with van der Waals surface area (Å²) in [6.45, 7) is 5.74. The molecule has 0 bridgehead atoms. The molecule has 112 valence electrons. The van der Waals surface area contributed by atoms with Crippen LogP contribution in [0.1, 0.15) is 58.1 Å². The zero-order valence-electron chi connectivity index (χ0n) is 13.1. The van der Waals surface area contributed by atoms with Crippen LogP contribution in [0.5, 0.6) is 0 Å². The summed E-state index contributed by atoms with van der Waals surface area (Å²) >= 11 is 0. The second-order valence-electron chi connectivity index (χ2n) is 6.20. The molecule has 0 amide bonds. The van der Waals surface area contributed by atoms with Gasteiger partial charge in [0.05, 0.1) is 0 Å². The number of hydrogen-bond acceptors (Lipinski definition) is 2. The Kier molecular flexibility index (Phi) is 6.52. The molecule has 20 heavy (non-hydrogen) atoms. The van der Waals surface area contributed by atoms with Crippen molar-refractivity contribution in [2.75, 3.05) is 6.54 Å². The molecule has 1 aromatic heterocycles. The number of aromatic nitrogens is 1. The van der Waals surface area contributed by atoms with E-state index >= 15 is 0 Å². The molecule has 0 radical (unpaired) electrons. The summed E-state index contributed by atoms with van der Waals surface area (Å²) in [5.74, 6) is 1.74. The van der Waals surface area contributed by atoms with Crippen LogP contribution in [0, 0.1) is 11.8 Å². The molecule has 2 rings (SSSR count). The van der Waals surface area contributed by atoms with Crippen LogP contribution in [0.2, 0.25) is 0 Å². The maximum Gasteiger partial charge on any atom is 0.0419 e. The third-order valence-electron chi connectivity index (χ3n) is 4.82. The van der Waals surface area contributed by atoms with Crippen molar-refractivity contribution in [3.63, 3.8) is 0 Å². The second kappa shape index (κ2) is 8.41. The molecule has 3 atom stereocenters. The van der Waals surface area contributed by atoms with Crippen LogP contribution < -0.4 is 5.32 Å². The van der Waals surface area contributed by atoms with Gasteiger partial charge in [0, 0.05) is 24.4 Å². The lowest BCUT2D eigenvalue weighted by Crippen LogP contribution is -2.43. The Hall–Kier alpha value is -0.890. The summed E-state index contributed by atoms with van der Waals surface area (Å²) in [6.07, 6.45) is 11.2. The van der Waals surface area contributed by atoms with Crippen LogP contribution in [0.4, 0.5) is 0 Å². The van der Waals surface area contributed by atoms with E-state index in [1.807, 2.05) is 12.3 Å². The minimum Gasteiger partial charge on any atom is -0.313 e. The van der Waals surface area contributed by atoms with Crippen LogP contribution in [-0.2, 0) is 6.42 Å². The first-order valence-electron chi connectivity index (χ1n) is 8.48. The minimum absolute atomic E-state index is 0.607. The highest BCUT2D eigenvalue weighted by atomic mass is 14.9. The summed E-state index contributed by atoms with van der Waals surface area (Å²) in [5.41, 5.74) is 1.24. The number of hydrogen-bond donors (Lipinski definition) is 1. The van der Waals surface area contributed by atoms with E-state index in [0.717, 1.165) is 24.8 Å². The van der Waals surface area contributed by atoms with Gasteiger partial charge in [0.25, 0.3) is 0 Å². The molecule has 0 saturated heterocycles. The molecule has 1 aromatic rings. The molecule has 1 fully saturated rings. The van der Waals surface area contributed by atoms with Crippen molar-refractivity contribution < 1.29 is 0 Å². The number of rotatable bonds is 7. The van der Waals surface area contributed by atoms with Crippen LogP contribution >= 0.6 is 0 Å². The van der Waals surface area contributed by atoms with Gasteiger partial charge in [-0.2, -0.15) is 0 Å². The zero-order chi connectivity index (χ0) is 14.2. The average molecular weight is 274 g/mol. The lowest BCUT2D eigenvalue weighted by atomic mass is 9.73. The Morgan fingerprint density at radius 3 is 2.80 bits per heavy atom. The largest absolute Gasteiger partial charge is 0.313 e. The van der Waals surface area contributed by atoms with E-state index in [2.05, 4.69) is 36.3 Å². The minimum atomic E-state index is 0.607. The Morgan fingerprint density at radius 1 is 1.25 bits per heavy atom. The standard InChI is InChI=1S/C18H30N2/c1-3-12-20-18(14-16-10-7-8-13-19-16)17-11-6-5-9-15(17)4-2/h7-8,10,13,15,17-18,20H,3-6,9,11-12,14H2,1-2H3. The normalized spacial score (nSPS) is 24.5. The Morgan fingerprint density at radius 2 is 2.10 bits per heavy atom. The maximum absolute atomic E-state index is 4.53. The van der Waals surface area contributed by atoms with E-state index in [1.54, 1.807) is 0 Å². The summed E-state index contributed by atoms with van der Waals surface area (Å²) < 4.78 is 0. The van der Waals surface area contributed by atoms with Crippen molar-refractivity contribution in [1.82, 2.24) is 10.3 Å². The van der Waals surface area contributed by atoms with Gasteiger partial charge >= 0.3 is 0 Å². The fourth-order valence-electron chi connectivity index (χ4n) is 3.72. The smallest absolute Gasteiger partial charge is 0.0419 e. The molecule has 1 aliphatic rings. The van der Waals surface area contributed by atoms with Crippen molar-refractivity contribution in [2.24, 2.45) is 11.8 Å². The van der Waals surface area contributed by atoms with Gasteiger partial charge in [0.2, 0.25) is 0 Å². The summed E-state index contributed by atoms with van der Waals surface area (Å²) in [7, 11) is 0. The predicted molar refractivity (Wildman–Crippen MR) is 85.8 cm³/mol. The molecule has 2 nitrogen and oxygen atoms in total. The van der Waals surface area contributed by atoms with Crippen LogP contribution in [0.25, 0.3) is 0 Å². The molecule has 1 heterocycles. The van der Waals surface area contributed by atoms with Crippen LogP contribution in [-0.4, -0.2) is 17.6 Å².